The molecule has 3 aromatic carbocycles. The second kappa shape index (κ2) is 13.9. The smallest absolute Gasteiger partial charge is 0.255 e. The van der Waals surface area contributed by atoms with E-state index in [4.69, 9.17) is 0 Å². The molecule has 0 aromatic heterocycles. The quantitative estimate of drug-likeness (QED) is 0.292. The molecule has 9 nitrogen and oxygen atoms in total. The van der Waals surface area contributed by atoms with E-state index in [-0.39, 0.29) is 24.1 Å². The van der Waals surface area contributed by atoms with Crippen LogP contribution >= 0.6 is 0 Å². The summed E-state index contributed by atoms with van der Waals surface area (Å²) in [4.78, 5) is 46.5. The maximum Gasteiger partial charge on any atom is 0.255 e. The second-order valence-electron chi connectivity index (χ2n) is 16.4. The number of amides is 3. The van der Waals surface area contributed by atoms with E-state index in [0.29, 0.717) is 42.0 Å². The van der Waals surface area contributed by atoms with Crippen molar-refractivity contribution in [2.24, 2.45) is 17.8 Å². The number of piperidine rings is 2. The number of fused-ring (bicyclic) bond motifs is 2. The van der Waals surface area contributed by atoms with E-state index in [0.717, 1.165) is 69.4 Å². The van der Waals surface area contributed by atoms with Crippen LogP contribution in [0.3, 0.4) is 0 Å². The van der Waals surface area contributed by atoms with E-state index < -0.39 is 6.04 Å². The van der Waals surface area contributed by atoms with Crippen molar-refractivity contribution in [3.05, 3.63) is 88.5 Å². The summed E-state index contributed by atoms with van der Waals surface area (Å²) < 4.78 is 0. The lowest BCUT2D eigenvalue weighted by Crippen LogP contribution is -2.52. The van der Waals surface area contributed by atoms with Gasteiger partial charge in [-0.2, -0.15) is 0 Å². The fraction of sp³-hybridized carbons (Fsp3) is 0.512. The SMILES string of the molecule is O=C1CC[C@H](N2Cc3cc(N4CCN(CC5CCN(c6ccc([C@H]7c8ccc(O)cc8CC[C@H]7CC7CC7)cc6)CC5)CC4)ccc3C2=O)C(=O)N1. The highest BCUT2D eigenvalue weighted by molar-refractivity contribution is 6.05. The van der Waals surface area contributed by atoms with E-state index in [1.807, 2.05) is 18.2 Å². The number of phenols is 1. The molecule has 2 aliphatic carbocycles. The van der Waals surface area contributed by atoms with Crippen LogP contribution in [0.5, 0.6) is 5.75 Å². The minimum Gasteiger partial charge on any atom is -0.508 e. The van der Waals surface area contributed by atoms with Crippen LogP contribution in [0, 0.1) is 17.8 Å². The van der Waals surface area contributed by atoms with Gasteiger partial charge in [-0.3, -0.25) is 24.6 Å². The van der Waals surface area contributed by atoms with Gasteiger partial charge in [0.1, 0.15) is 11.8 Å². The zero-order chi connectivity index (χ0) is 35.3. The number of benzene rings is 3. The number of nitrogens with one attached hydrogen (secondary N) is 1. The van der Waals surface area contributed by atoms with Crippen molar-refractivity contribution >= 4 is 29.1 Å². The fourth-order valence-electron chi connectivity index (χ4n) is 9.94. The molecule has 0 radical (unpaired) electrons. The molecule has 0 spiro atoms. The van der Waals surface area contributed by atoms with Crippen molar-refractivity contribution in [3.8, 4) is 5.75 Å². The first-order valence-electron chi connectivity index (χ1n) is 19.8. The van der Waals surface area contributed by atoms with Gasteiger partial charge in [0.15, 0.2) is 0 Å². The molecule has 3 saturated heterocycles. The lowest BCUT2D eigenvalue weighted by molar-refractivity contribution is -0.136. The lowest BCUT2D eigenvalue weighted by atomic mass is 9.70. The Labute approximate surface area is 307 Å². The number of hydrogen-bond acceptors (Lipinski definition) is 7. The van der Waals surface area contributed by atoms with E-state index in [9.17, 15) is 19.5 Å². The Kier molecular flexibility index (Phi) is 8.93. The number of carbonyl (C=O) groups is 3. The van der Waals surface area contributed by atoms with E-state index in [2.05, 4.69) is 62.5 Å². The minimum atomic E-state index is -0.580. The van der Waals surface area contributed by atoms with Gasteiger partial charge < -0.3 is 19.8 Å². The summed E-state index contributed by atoms with van der Waals surface area (Å²) in [5.41, 5.74) is 8.29. The van der Waals surface area contributed by atoms with Crippen molar-refractivity contribution in [1.29, 1.82) is 0 Å². The predicted octanol–water partition coefficient (Wildman–Crippen LogP) is 5.69. The second-order valence-corrected chi connectivity index (χ2v) is 16.4. The summed E-state index contributed by atoms with van der Waals surface area (Å²) in [5.74, 6) is 2.37. The van der Waals surface area contributed by atoms with Gasteiger partial charge in [0.05, 0.1) is 0 Å². The molecule has 3 amide bonds. The van der Waals surface area contributed by atoms with Crippen LogP contribution in [0.1, 0.15) is 89.9 Å². The Balaban J connectivity index is 0.765. The van der Waals surface area contributed by atoms with Gasteiger partial charge in [0.25, 0.3) is 5.91 Å². The van der Waals surface area contributed by atoms with Gasteiger partial charge in [0, 0.05) is 81.6 Å². The third-order valence-electron chi connectivity index (χ3n) is 13.0. The van der Waals surface area contributed by atoms with Crippen LogP contribution in [0.2, 0.25) is 0 Å². The maximum atomic E-state index is 13.1. The van der Waals surface area contributed by atoms with Crippen molar-refractivity contribution in [3.63, 3.8) is 0 Å². The maximum absolute atomic E-state index is 13.1. The molecule has 272 valence electrons. The summed E-state index contributed by atoms with van der Waals surface area (Å²) in [5, 5.41) is 12.5. The van der Waals surface area contributed by atoms with Crippen LogP contribution in [-0.2, 0) is 22.6 Å². The van der Waals surface area contributed by atoms with Crippen molar-refractivity contribution in [2.45, 2.75) is 76.3 Å². The first-order valence-corrected chi connectivity index (χ1v) is 19.8. The third-order valence-corrected chi connectivity index (χ3v) is 13.0. The minimum absolute atomic E-state index is 0.116. The van der Waals surface area contributed by atoms with Gasteiger partial charge >= 0.3 is 0 Å². The molecular weight excluding hydrogens is 651 g/mol. The number of carbonyl (C=O) groups excluding carboxylic acids is 3. The van der Waals surface area contributed by atoms with Crippen LogP contribution in [0.4, 0.5) is 11.4 Å². The Morgan fingerprint density at radius 3 is 2.19 bits per heavy atom. The molecular formula is C43H51N5O4. The van der Waals surface area contributed by atoms with Gasteiger partial charge in [0.2, 0.25) is 11.8 Å². The van der Waals surface area contributed by atoms with Gasteiger partial charge in [-0.1, -0.05) is 31.0 Å². The number of rotatable bonds is 8. The van der Waals surface area contributed by atoms with E-state index in [1.165, 1.54) is 60.9 Å². The van der Waals surface area contributed by atoms with E-state index >= 15 is 0 Å². The molecule has 0 bridgehead atoms. The zero-order valence-electron chi connectivity index (χ0n) is 30.1. The monoisotopic (exact) mass is 701 g/mol. The first kappa shape index (κ1) is 33.5. The highest BCUT2D eigenvalue weighted by atomic mass is 16.3. The number of nitrogens with zero attached hydrogens (tertiary/aromatic N) is 4. The van der Waals surface area contributed by atoms with Crippen molar-refractivity contribution in [2.75, 3.05) is 55.6 Å². The Hall–Kier alpha value is -4.37. The van der Waals surface area contributed by atoms with E-state index in [1.54, 1.807) is 4.90 Å². The molecule has 2 N–H and O–H groups in total. The third kappa shape index (κ3) is 6.68. The number of anilines is 2. The molecule has 52 heavy (non-hydrogen) atoms. The molecule has 3 aromatic rings. The number of aryl methyl sites for hydroxylation is 1. The summed E-state index contributed by atoms with van der Waals surface area (Å²) in [6.45, 7) is 7.76. The average Bonchev–Trinajstić information content (AvgIpc) is 3.92. The average molecular weight is 702 g/mol. The predicted molar refractivity (Wildman–Crippen MR) is 202 cm³/mol. The highest BCUT2D eigenvalue weighted by Gasteiger charge is 2.40. The van der Waals surface area contributed by atoms with Crippen molar-refractivity contribution < 1.29 is 19.5 Å². The summed E-state index contributed by atoms with van der Waals surface area (Å²) in [7, 11) is 0. The van der Waals surface area contributed by atoms with Crippen LogP contribution < -0.4 is 15.1 Å². The van der Waals surface area contributed by atoms with Gasteiger partial charge in [-0.25, -0.2) is 0 Å². The van der Waals surface area contributed by atoms with Crippen molar-refractivity contribution in [1.82, 2.24) is 15.1 Å². The molecule has 4 fully saturated rings. The summed E-state index contributed by atoms with van der Waals surface area (Å²) in [6, 6.07) is 21.1. The largest absolute Gasteiger partial charge is 0.508 e. The molecule has 9 heteroatoms. The molecule has 4 heterocycles. The number of aromatic hydroxyl groups is 1. The number of hydrogen-bond donors (Lipinski definition) is 2. The first-order chi connectivity index (χ1) is 25.4. The Morgan fingerprint density at radius 1 is 0.692 bits per heavy atom. The molecule has 1 saturated carbocycles. The molecule has 9 rings (SSSR count). The summed E-state index contributed by atoms with van der Waals surface area (Å²) in [6.07, 6.45) is 9.50. The van der Waals surface area contributed by atoms with Gasteiger partial charge in [-0.15, -0.1) is 0 Å². The lowest BCUT2D eigenvalue weighted by Gasteiger charge is -2.40. The Morgan fingerprint density at radius 2 is 1.44 bits per heavy atom. The van der Waals surface area contributed by atoms with Crippen LogP contribution in [0.15, 0.2) is 60.7 Å². The fourth-order valence-corrected chi connectivity index (χ4v) is 9.94. The zero-order valence-corrected chi connectivity index (χ0v) is 30.1. The topological polar surface area (TPSA) is 96.4 Å². The molecule has 0 unspecified atom stereocenters. The highest BCUT2D eigenvalue weighted by Crippen LogP contribution is 2.48. The van der Waals surface area contributed by atoms with Crippen LogP contribution in [-0.4, -0.2) is 84.5 Å². The summed E-state index contributed by atoms with van der Waals surface area (Å²) >= 11 is 0. The molecule has 6 aliphatic rings. The molecule has 3 atom stereocenters. The van der Waals surface area contributed by atoms with Gasteiger partial charge in [-0.05, 0) is 121 Å². The number of piperazine rings is 1. The number of phenolic OH excluding ortho intramolecular Hbond substituents is 1. The van der Waals surface area contributed by atoms with Crippen LogP contribution in [0.25, 0.3) is 0 Å². The number of imide groups is 1. The normalized spacial score (nSPS) is 25.7. The standard InChI is InChI=1S/C43H51N5O4/c49-36-10-12-37-31(25-36)3-4-32(23-28-1-2-28)41(37)30-5-7-34(8-6-30)46-17-15-29(16-18-46)26-45-19-21-47(22-20-45)35-9-11-38-33(24-35)27-48(43(38)52)39-13-14-40(50)44-42(39)51/h5-12,24-25,28-29,32,39,41,49H,1-4,13-23,26-27H2,(H,44,50,51)/t32-,39-,41+/m0/s1. The Bertz CT molecular complexity index is 1840. The molecule has 4 aliphatic heterocycles.